The number of fused-ring (bicyclic) bond motifs is 2. The minimum Gasteiger partial charge on any atom is -0.495 e. The Balaban J connectivity index is 1.63. The number of carbonyl (C=O) groups excluding carboxylic acids is 2. The van der Waals surface area contributed by atoms with Crippen LogP contribution in [0.15, 0.2) is 12.3 Å². The van der Waals surface area contributed by atoms with Crippen molar-refractivity contribution in [1.82, 2.24) is 0 Å². The van der Waals surface area contributed by atoms with Crippen LogP contribution in [0.5, 0.6) is 0 Å². The van der Waals surface area contributed by atoms with E-state index in [1.165, 1.54) is 12.3 Å². The van der Waals surface area contributed by atoms with Crippen molar-refractivity contribution in [2.24, 2.45) is 0 Å². The topological polar surface area (TPSA) is 80.3 Å². The van der Waals surface area contributed by atoms with Crippen LogP contribution in [0.3, 0.4) is 0 Å². The van der Waals surface area contributed by atoms with Gasteiger partial charge in [-0.1, -0.05) is 0 Å². The summed E-state index contributed by atoms with van der Waals surface area (Å²) in [5, 5.41) is 0. The predicted octanol–water partition coefficient (Wildman–Crippen LogP) is 2.31. The van der Waals surface area contributed by atoms with Crippen LogP contribution >= 0.6 is 0 Å². The summed E-state index contributed by atoms with van der Waals surface area (Å²) in [6, 6.07) is 0. The SMILES string of the molecule is CCOC(=O)/C=C/O[C@H]1CC[C@H]2O[C@H]3CCCO[C@@H]3CC[C@@H]2O[C@@H]1CC=O. The fourth-order valence-electron chi connectivity index (χ4n) is 4.14. The zero-order chi connectivity index (χ0) is 19.1. The molecule has 0 amide bonds. The average Bonchev–Trinajstić information content (AvgIpc) is 2.93. The van der Waals surface area contributed by atoms with Crippen molar-refractivity contribution in [3.63, 3.8) is 0 Å². The zero-order valence-corrected chi connectivity index (χ0v) is 15.9. The van der Waals surface area contributed by atoms with Gasteiger partial charge in [-0.25, -0.2) is 4.79 Å². The van der Waals surface area contributed by atoms with Crippen LogP contribution in [0.1, 0.15) is 51.9 Å². The largest absolute Gasteiger partial charge is 0.495 e. The lowest BCUT2D eigenvalue weighted by Crippen LogP contribution is -2.38. The maximum Gasteiger partial charge on any atom is 0.333 e. The lowest BCUT2D eigenvalue weighted by molar-refractivity contribution is -0.149. The van der Waals surface area contributed by atoms with Crippen molar-refractivity contribution in [2.45, 2.75) is 88.5 Å². The van der Waals surface area contributed by atoms with Gasteiger partial charge in [-0.3, -0.25) is 0 Å². The summed E-state index contributed by atoms with van der Waals surface area (Å²) in [4.78, 5) is 22.6. The minimum absolute atomic E-state index is 0.0153. The molecule has 0 bridgehead atoms. The molecule has 0 aromatic carbocycles. The molecule has 0 spiro atoms. The number of aldehydes is 1. The normalized spacial score (nSPS) is 36.8. The molecule has 0 aromatic heterocycles. The second-order valence-electron chi connectivity index (χ2n) is 7.26. The van der Waals surface area contributed by atoms with Crippen molar-refractivity contribution >= 4 is 12.3 Å². The van der Waals surface area contributed by atoms with Crippen LogP contribution in [0.4, 0.5) is 0 Å². The van der Waals surface area contributed by atoms with E-state index in [-0.39, 0.29) is 43.0 Å². The van der Waals surface area contributed by atoms with Crippen molar-refractivity contribution in [2.75, 3.05) is 13.2 Å². The van der Waals surface area contributed by atoms with E-state index in [0.29, 0.717) is 13.0 Å². The average molecular weight is 382 g/mol. The molecular formula is C20H30O7. The molecule has 3 saturated heterocycles. The van der Waals surface area contributed by atoms with E-state index in [1.54, 1.807) is 6.92 Å². The number of carbonyl (C=O) groups is 2. The van der Waals surface area contributed by atoms with E-state index in [1.807, 2.05) is 0 Å². The molecule has 0 N–H and O–H groups in total. The Labute approximate surface area is 160 Å². The van der Waals surface area contributed by atoms with Gasteiger partial charge in [0, 0.05) is 13.0 Å². The maximum atomic E-state index is 11.4. The summed E-state index contributed by atoms with van der Waals surface area (Å²) in [7, 11) is 0. The Kier molecular flexibility index (Phi) is 7.67. The third-order valence-electron chi connectivity index (χ3n) is 5.45. The first-order valence-electron chi connectivity index (χ1n) is 10.1. The van der Waals surface area contributed by atoms with E-state index >= 15 is 0 Å². The lowest BCUT2D eigenvalue weighted by atomic mass is 10.0. The third-order valence-corrected chi connectivity index (χ3v) is 5.45. The van der Waals surface area contributed by atoms with Crippen LogP contribution < -0.4 is 0 Å². The van der Waals surface area contributed by atoms with Crippen LogP contribution in [0, 0.1) is 0 Å². The van der Waals surface area contributed by atoms with E-state index in [0.717, 1.165) is 45.0 Å². The maximum absolute atomic E-state index is 11.4. The molecule has 3 aliphatic heterocycles. The fraction of sp³-hybridized carbons (Fsp3) is 0.800. The number of ether oxygens (including phenoxy) is 5. The van der Waals surface area contributed by atoms with Gasteiger partial charge in [0.15, 0.2) is 0 Å². The van der Waals surface area contributed by atoms with E-state index in [4.69, 9.17) is 23.7 Å². The molecule has 3 fully saturated rings. The molecule has 7 nitrogen and oxygen atoms in total. The quantitative estimate of drug-likeness (QED) is 0.302. The van der Waals surface area contributed by atoms with Crippen molar-refractivity contribution in [1.29, 1.82) is 0 Å². The summed E-state index contributed by atoms with van der Waals surface area (Å²) >= 11 is 0. The van der Waals surface area contributed by atoms with Crippen LogP contribution in [-0.4, -0.2) is 62.1 Å². The van der Waals surface area contributed by atoms with Gasteiger partial charge in [-0.2, -0.15) is 0 Å². The molecule has 152 valence electrons. The molecule has 0 aromatic rings. The summed E-state index contributed by atoms with van der Waals surface area (Å²) in [6.45, 7) is 2.87. The van der Waals surface area contributed by atoms with E-state index < -0.39 is 5.97 Å². The Morgan fingerprint density at radius 1 is 1.04 bits per heavy atom. The van der Waals surface area contributed by atoms with Gasteiger partial charge in [-0.05, 0) is 45.4 Å². The molecule has 7 heteroatoms. The van der Waals surface area contributed by atoms with Gasteiger partial charge in [0.25, 0.3) is 0 Å². The molecule has 27 heavy (non-hydrogen) atoms. The highest BCUT2D eigenvalue weighted by Gasteiger charge is 2.41. The molecular weight excluding hydrogens is 352 g/mol. The molecule has 0 saturated carbocycles. The molecule has 0 radical (unpaired) electrons. The number of hydrogen-bond donors (Lipinski definition) is 0. The number of esters is 1. The standard InChI is InChI=1S/C20H30O7/c1-2-23-20(22)10-13-25-15-6-8-17-18(27-19(15)9-11-21)7-5-14-16(26-17)4-3-12-24-14/h10-11,13-19H,2-9,12H2,1H3/b13-10+/t14-,15+,16+,17-,18+,19-/m1/s1. The molecule has 0 unspecified atom stereocenters. The van der Waals surface area contributed by atoms with Crippen molar-refractivity contribution in [3.05, 3.63) is 12.3 Å². The Morgan fingerprint density at radius 3 is 2.59 bits per heavy atom. The summed E-state index contributed by atoms with van der Waals surface area (Å²) in [6.07, 6.45) is 8.57. The van der Waals surface area contributed by atoms with Gasteiger partial charge in [0.05, 0.1) is 43.4 Å². The van der Waals surface area contributed by atoms with Gasteiger partial charge in [0.2, 0.25) is 0 Å². The molecule has 6 atom stereocenters. The second-order valence-corrected chi connectivity index (χ2v) is 7.26. The van der Waals surface area contributed by atoms with Gasteiger partial charge in [-0.15, -0.1) is 0 Å². The first-order chi connectivity index (χ1) is 13.2. The van der Waals surface area contributed by atoms with Gasteiger partial charge >= 0.3 is 5.97 Å². The Morgan fingerprint density at radius 2 is 1.78 bits per heavy atom. The smallest absolute Gasteiger partial charge is 0.333 e. The molecule has 0 aliphatic carbocycles. The first-order valence-corrected chi connectivity index (χ1v) is 10.1. The van der Waals surface area contributed by atoms with Crippen LogP contribution in [0.2, 0.25) is 0 Å². The first kappa shape index (κ1) is 20.3. The van der Waals surface area contributed by atoms with E-state index in [9.17, 15) is 9.59 Å². The second kappa shape index (κ2) is 10.2. The fourth-order valence-corrected chi connectivity index (χ4v) is 4.14. The highest BCUT2D eigenvalue weighted by atomic mass is 16.6. The highest BCUT2D eigenvalue weighted by Crippen LogP contribution is 2.34. The minimum atomic E-state index is -0.448. The summed E-state index contributed by atoms with van der Waals surface area (Å²) in [5.41, 5.74) is 0. The van der Waals surface area contributed by atoms with Gasteiger partial charge in [0.1, 0.15) is 18.5 Å². The Hall–Kier alpha value is -1.44. The summed E-state index contributed by atoms with van der Waals surface area (Å²) < 4.78 is 29.1. The molecule has 3 heterocycles. The lowest BCUT2D eigenvalue weighted by Gasteiger charge is -2.31. The predicted molar refractivity (Wildman–Crippen MR) is 96.1 cm³/mol. The molecule has 3 aliphatic rings. The Bertz CT molecular complexity index is 520. The van der Waals surface area contributed by atoms with Crippen molar-refractivity contribution < 1.29 is 33.3 Å². The number of hydrogen-bond acceptors (Lipinski definition) is 7. The third kappa shape index (κ3) is 5.53. The number of rotatable bonds is 6. The van der Waals surface area contributed by atoms with Crippen LogP contribution in [0.25, 0.3) is 0 Å². The highest BCUT2D eigenvalue weighted by molar-refractivity contribution is 5.81. The van der Waals surface area contributed by atoms with Gasteiger partial charge < -0.3 is 28.5 Å². The van der Waals surface area contributed by atoms with Crippen molar-refractivity contribution in [3.8, 4) is 0 Å². The summed E-state index contributed by atoms with van der Waals surface area (Å²) in [5.74, 6) is -0.448. The zero-order valence-electron chi connectivity index (χ0n) is 15.9. The van der Waals surface area contributed by atoms with Crippen LogP contribution in [-0.2, 0) is 33.3 Å². The van der Waals surface area contributed by atoms with E-state index in [2.05, 4.69) is 0 Å². The monoisotopic (exact) mass is 382 g/mol. The molecule has 3 rings (SSSR count).